The Hall–Kier alpha value is -0.160. The lowest BCUT2D eigenvalue weighted by Gasteiger charge is -2.17. The molecule has 2 aliphatic heterocycles. The van der Waals surface area contributed by atoms with Gasteiger partial charge < -0.3 is 9.47 Å². The van der Waals surface area contributed by atoms with Crippen molar-refractivity contribution in [3.05, 3.63) is 0 Å². The number of hydrogen-bond acceptors (Lipinski definition) is 4. The van der Waals surface area contributed by atoms with E-state index in [4.69, 9.17) is 9.47 Å². The van der Waals surface area contributed by atoms with Gasteiger partial charge in [0.1, 0.15) is 0 Å². The van der Waals surface area contributed by atoms with Crippen molar-refractivity contribution < 1.29 is 9.47 Å². The third-order valence-electron chi connectivity index (χ3n) is 2.38. The van der Waals surface area contributed by atoms with Crippen molar-refractivity contribution in [2.24, 2.45) is 0 Å². The molecule has 4 nitrogen and oxygen atoms in total. The molecular formula is C8H16N2O2. The number of ether oxygens (including phenoxy) is 2. The van der Waals surface area contributed by atoms with E-state index in [9.17, 15) is 0 Å². The van der Waals surface area contributed by atoms with E-state index in [2.05, 4.69) is 9.80 Å². The Morgan fingerprint density at radius 2 is 1.33 bits per heavy atom. The van der Waals surface area contributed by atoms with E-state index < -0.39 is 0 Å². The van der Waals surface area contributed by atoms with Gasteiger partial charge in [0.15, 0.2) is 0 Å². The molecule has 12 heavy (non-hydrogen) atoms. The largest absolute Gasteiger partial charge is 0.365 e. The quantitative estimate of drug-likeness (QED) is 0.576. The first-order chi connectivity index (χ1) is 5.95. The van der Waals surface area contributed by atoms with Gasteiger partial charge >= 0.3 is 0 Å². The molecule has 0 bridgehead atoms. The summed E-state index contributed by atoms with van der Waals surface area (Å²) in [5.74, 6) is 0. The average Bonchev–Trinajstić information content (AvgIpc) is 2.74. The van der Waals surface area contributed by atoms with E-state index in [1.165, 1.54) is 0 Å². The summed E-state index contributed by atoms with van der Waals surface area (Å²) >= 11 is 0. The van der Waals surface area contributed by atoms with Gasteiger partial charge in [0.05, 0.1) is 26.7 Å². The zero-order chi connectivity index (χ0) is 8.23. The van der Waals surface area contributed by atoms with Crippen molar-refractivity contribution in [2.75, 3.05) is 52.9 Å². The first-order valence-corrected chi connectivity index (χ1v) is 4.55. The number of rotatable bonds is 3. The topological polar surface area (TPSA) is 24.9 Å². The van der Waals surface area contributed by atoms with Crippen LogP contribution in [0.25, 0.3) is 0 Å². The molecule has 0 N–H and O–H groups in total. The molecule has 2 heterocycles. The molecule has 2 saturated heterocycles. The minimum atomic E-state index is 0.814. The highest BCUT2D eigenvalue weighted by atomic mass is 16.5. The molecule has 4 heteroatoms. The standard InChI is InChI=1S/C8H16N2O2/c1(9-3-5-11-7-9)2-10-4-6-12-8-10/h1-8H2. The fraction of sp³-hybridized carbons (Fsp3) is 1.00. The van der Waals surface area contributed by atoms with E-state index in [0.29, 0.717) is 0 Å². The van der Waals surface area contributed by atoms with Crippen LogP contribution in [-0.4, -0.2) is 62.7 Å². The smallest absolute Gasteiger partial charge is 0.0992 e. The van der Waals surface area contributed by atoms with Crippen LogP contribution in [0.3, 0.4) is 0 Å². The molecule has 2 aliphatic rings. The third-order valence-corrected chi connectivity index (χ3v) is 2.38. The monoisotopic (exact) mass is 172 g/mol. The van der Waals surface area contributed by atoms with Gasteiger partial charge in [-0.05, 0) is 0 Å². The fourth-order valence-corrected chi connectivity index (χ4v) is 1.54. The normalized spacial score (nSPS) is 27.0. The molecule has 0 aromatic carbocycles. The Bertz CT molecular complexity index is 115. The summed E-state index contributed by atoms with van der Waals surface area (Å²) in [5, 5.41) is 0. The van der Waals surface area contributed by atoms with Gasteiger partial charge in [-0.2, -0.15) is 0 Å². The van der Waals surface area contributed by atoms with Crippen molar-refractivity contribution in [2.45, 2.75) is 0 Å². The molecule has 70 valence electrons. The molecule has 0 radical (unpaired) electrons. The summed E-state index contributed by atoms with van der Waals surface area (Å²) in [6.07, 6.45) is 0. The van der Waals surface area contributed by atoms with Crippen LogP contribution in [0.4, 0.5) is 0 Å². The maximum Gasteiger partial charge on any atom is 0.0992 e. The molecule has 0 aliphatic carbocycles. The third kappa shape index (κ3) is 2.17. The molecule has 0 aromatic rings. The maximum atomic E-state index is 5.25. The van der Waals surface area contributed by atoms with Gasteiger partial charge in [0.2, 0.25) is 0 Å². The summed E-state index contributed by atoms with van der Waals surface area (Å²) in [7, 11) is 0. The predicted molar refractivity (Wildman–Crippen MR) is 44.8 cm³/mol. The van der Waals surface area contributed by atoms with Crippen molar-refractivity contribution in [1.29, 1.82) is 0 Å². The summed E-state index contributed by atoms with van der Waals surface area (Å²) < 4.78 is 10.5. The second-order valence-electron chi connectivity index (χ2n) is 3.31. The highest BCUT2D eigenvalue weighted by molar-refractivity contribution is 4.64. The Morgan fingerprint density at radius 1 is 0.833 bits per heavy atom. The minimum absolute atomic E-state index is 0.814. The van der Waals surface area contributed by atoms with Crippen LogP contribution in [0.5, 0.6) is 0 Å². The van der Waals surface area contributed by atoms with Gasteiger partial charge in [0.25, 0.3) is 0 Å². The number of hydrogen-bond donors (Lipinski definition) is 0. The molecule has 0 atom stereocenters. The highest BCUT2D eigenvalue weighted by Crippen LogP contribution is 2.02. The van der Waals surface area contributed by atoms with E-state index >= 15 is 0 Å². The molecule has 0 saturated carbocycles. The van der Waals surface area contributed by atoms with Gasteiger partial charge in [0, 0.05) is 26.2 Å². The molecule has 2 rings (SSSR count). The number of nitrogens with zero attached hydrogens (tertiary/aromatic N) is 2. The van der Waals surface area contributed by atoms with Crippen molar-refractivity contribution in [3.63, 3.8) is 0 Å². The molecular weight excluding hydrogens is 156 g/mol. The van der Waals surface area contributed by atoms with Crippen LogP contribution in [0.15, 0.2) is 0 Å². The Labute approximate surface area is 73.0 Å². The first-order valence-electron chi connectivity index (χ1n) is 4.55. The minimum Gasteiger partial charge on any atom is -0.365 e. The van der Waals surface area contributed by atoms with Crippen molar-refractivity contribution >= 4 is 0 Å². The van der Waals surface area contributed by atoms with Gasteiger partial charge in [-0.25, -0.2) is 0 Å². The van der Waals surface area contributed by atoms with Gasteiger partial charge in [-0.3, -0.25) is 9.80 Å². The second-order valence-corrected chi connectivity index (χ2v) is 3.31. The van der Waals surface area contributed by atoms with Crippen LogP contribution in [0, 0.1) is 0 Å². The first kappa shape index (κ1) is 8.44. The van der Waals surface area contributed by atoms with Crippen LogP contribution >= 0.6 is 0 Å². The lowest BCUT2D eigenvalue weighted by molar-refractivity contribution is 0.114. The second kappa shape index (κ2) is 4.18. The van der Waals surface area contributed by atoms with Crippen molar-refractivity contribution in [1.82, 2.24) is 9.80 Å². The van der Waals surface area contributed by atoms with E-state index in [1.807, 2.05) is 0 Å². The van der Waals surface area contributed by atoms with Gasteiger partial charge in [-0.15, -0.1) is 0 Å². The molecule has 0 aromatic heterocycles. The Kier molecular flexibility index (Phi) is 2.94. The average molecular weight is 172 g/mol. The van der Waals surface area contributed by atoms with E-state index in [-0.39, 0.29) is 0 Å². The van der Waals surface area contributed by atoms with Crippen LogP contribution in [0.1, 0.15) is 0 Å². The van der Waals surface area contributed by atoms with Gasteiger partial charge in [-0.1, -0.05) is 0 Å². The molecule has 2 fully saturated rings. The van der Waals surface area contributed by atoms with E-state index in [0.717, 1.165) is 52.9 Å². The van der Waals surface area contributed by atoms with Crippen LogP contribution < -0.4 is 0 Å². The Morgan fingerprint density at radius 3 is 1.67 bits per heavy atom. The maximum absolute atomic E-state index is 5.25. The summed E-state index contributed by atoms with van der Waals surface area (Å²) in [6, 6.07) is 0. The zero-order valence-corrected chi connectivity index (χ0v) is 7.37. The molecule has 0 spiro atoms. The van der Waals surface area contributed by atoms with E-state index in [1.54, 1.807) is 0 Å². The summed E-state index contributed by atoms with van der Waals surface area (Å²) in [6.45, 7) is 7.84. The predicted octanol–water partition coefficient (Wildman–Crippen LogP) is -0.434. The Balaban J connectivity index is 1.60. The summed E-state index contributed by atoms with van der Waals surface area (Å²) in [5.41, 5.74) is 0. The zero-order valence-electron chi connectivity index (χ0n) is 7.37. The van der Waals surface area contributed by atoms with Crippen molar-refractivity contribution in [3.8, 4) is 0 Å². The highest BCUT2D eigenvalue weighted by Gasteiger charge is 2.15. The van der Waals surface area contributed by atoms with Crippen LogP contribution in [-0.2, 0) is 9.47 Å². The molecule has 0 unspecified atom stereocenters. The molecule has 0 amide bonds. The lowest BCUT2D eigenvalue weighted by atomic mass is 10.5. The van der Waals surface area contributed by atoms with Crippen LogP contribution in [0.2, 0.25) is 0 Å². The SMILES string of the molecule is C1CN(CCN2CCOC2)CO1. The fourth-order valence-electron chi connectivity index (χ4n) is 1.54. The lowest BCUT2D eigenvalue weighted by Crippen LogP contribution is -2.32. The summed E-state index contributed by atoms with van der Waals surface area (Å²) in [4.78, 5) is 4.66.